The summed E-state index contributed by atoms with van der Waals surface area (Å²) in [4.78, 5) is 33.4. The number of hydrogen-bond acceptors (Lipinski definition) is 9. The Morgan fingerprint density at radius 2 is 1.90 bits per heavy atom. The lowest BCUT2D eigenvalue weighted by molar-refractivity contribution is -0.132. The van der Waals surface area contributed by atoms with E-state index in [9.17, 15) is 14.7 Å². The molecule has 1 aromatic heterocycles. The first kappa shape index (κ1) is 26.6. The van der Waals surface area contributed by atoms with Crippen molar-refractivity contribution < 1.29 is 33.6 Å². The quantitative estimate of drug-likeness (QED) is 0.172. The van der Waals surface area contributed by atoms with Gasteiger partial charge in [0, 0.05) is 12.0 Å². The fourth-order valence-electron chi connectivity index (χ4n) is 5.32. The number of aliphatic hydroxyl groups excluding tert-OH is 1. The molecule has 2 aliphatic rings. The number of ketones is 1. The van der Waals surface area contributed by atoms with Gasteiger partial charge in [0.1, 0.15) is 23.4 Å². The highest BCUT2D eigenvalue weighted by atomic mass is 32.1. The van der Waals surface area contributed by atoms with Gasteiger partial charge in [-0.05, 0) is 73.5 Å². The molecule has 4 aromatic rings. The van der Waals surface area contributed by atoms with Crippen LogP contribution in [0.4, 0.5) is 5.13 Å². The number of hydrogen-bond donors (Lipinski definition) is 1. The van der Waals surface area contributed by atoms with Gasteiger partial charge >= 0.3 is 5.91 Å². The van der Waals surface area contributed by atoms with Crippen molar-refractivity contribution in [2.75, 3.05) is 25.7 Å². The van der Waals surface area contributed by atoms with Gasteiger partial charge in [0.25, 0.3) is 5.78 Å². The van der Waals surface area contributed by atoms with Crippen molar-refractivity contribution in [2.45, 2.75) is 32.4 Å². The lowest BCUT2D eigenvalue weighted by atomic mass is 9.94. The molecule has 1 fully saturated rings. The van der Waals surface area contributed by atoms with E-state index >= 15 is 0 Å². The lowest BCUT2D eigenvalue weighted by Gasteiger charge is -2.24. The van der Waals surface area contributed by atoms with E-state index in [-0.39, 0.29) is 17.4 Å². The highest BCUT2D eigenvalue weighted by Gasteiger charge is 2.48. The molecule has 1 N–H and O–H groups in total. The fraction of sp³-hybridized carbons (Fsp3) is 0.258. The maximum atomic E-state index is 13.7. The number of methoxy groups -OCH3 is 2. The normalized spacial score (nSPS) is 19.4. The minimum Gasteiger partial charge on any atom is -0.507 e. The van der Waals surface area contributed by atoms with Gasteiger partial charge in [-0.15, -0.1) is 0 Å². The van der Waals surface area contributed by atoms with Gasteiger partial charge in [-0.1, -0.05) is 17.4 Å². The molecular formula is C31H28N2O7S. The minimum atomic E-state index is -0.967. The number of fused-ring (bicyclic) bond motifs is 2. The summed E-state index contributed by atoms with van der Waals surface area (Å²) in [5, 5.41) is 11.9. The van der Waals surface area contributed by atoms with Crippen LogP contribution < -0.4 is 23.8 Å². The van der Waals surface area contributed by atoms with E-state index in [0.29, 0.717) is 52.1 Å². The molecule has 210 valence electrons. The first-order valence-electron chi connectivity index (χ1n) is 13.2. The summed E-state index contributed by atoms with van der Waals surface area (Å²) in [5.74, 6) is 0.498. The zero-order chi connectivity index (χ0) is 28.8. The number of thiazole rings is 1. The van der Waals surface area contributed by atoms with Crippen molar-refractivity contribution in [1.29, 1.82) is 0 Å². The van der Waals surface area contributed by atoms with Crippen molar-refractivity contribution >= 4 is 44.1 Å². The molecule has 3 aromatic carbocycles. The van der Waals surface area contributed by atoms with Gasteiger partial charge in [-0.25, -0.2) is 4.98 Å². The van der Waals surface area contributed by atoms with Crippen LogP contribution >= 0.6 is 11.3 Å². The summed E-state index contributed by atoms with van der Waals surface area (Å²) >= 11 is 1.26. The van der Waals surface area contributed by atoms with Gasteiger partial charge in [0.05, 0.1) is 42.7 Å². The molecule has 0 bridgehead atoms. The number of rotatable bonds is 7. The van der Waals surface area contributed by atoms with E-state index in [1.807, 2.05) is 19.9 Å². The van der Waals surface area contributed by atoms with Crippen LogP contribution in [-0.4, -0.2) is 48.7 Å². The molecule has 3 heterocycles. The lowest BCUT2D eigenvalue weighted by Crippen LogP contribution is -2.29. The van der Waals surface area contributed by atoms with Crippen LogP contribution in [0.1, 0.15) is 36.6 Å². The van der Waals surface area contributed by atoms with Crippen molar-refractivity contribution in [3.63, 3.8) is 0 Å². The third kappa shape index (κ3) is 4.54. The number of carbonyl (C=O) groups excluding carboxylic acids is 2. The van der Waals surface area contributed by atoms with Gasteiger partial charge in [0.15, 0.2) is 16.6 Å². The Hall–Kier alpha value is -4.57. The molecule has 1 saturated heterocycles. The Bertz CT molecular complexity index is 1730. The zero-order valence-corrected chi connectivity index (χ0v) is 23.8. The third-order valence-electron chi connectivity index (χ3n) is 7.21. The van der Waals surface area contributed by atoms with Crippen LogP contribution in [0.2, 0.25) is 0 Å². The Morgan fingerprint density at radius 1 is 1.07 bits per heavy atom. The molecular weight excluding hydrogens is 544 g/mol. The number of anilines is 1. The predicted molar refractivity (Wildman–Crippen MR) is 155 cm³/mol. The number of aliphatic hydroxyl groups is 1. The molecule has 10 heteroatoms. The number of amides is 1. The van der Waals surface area contributed by atoms with E-state index in [4.69, 9.17) is 18.9 Å². The van der Waals surface area contributed by atoms with Crippen LogP contribution in [0.15, 0.2) is 60.2 Å². The number of carbonyl (C=O) groups is 2. The van der Waals surface area contributed by atoms with Crippen LogP contribution in [-0.2, 0) is 16.0 Å². The van der Waals surface area contributed by atoms with E-state index in [0.717, 1.165) is 16.0 Å². The standard InChI is InChI=1S/C31H28N2O7S/c1-5-39-23-11-6-17(14-24(23)38-4)27-26(28(34)18-7-10-22-19(13-18)12-16(2)40-22)29(35)30(36)33(27)31-32-21-9-8-20(37-3)15-25(21)41-31/h6-11,13-16,27,34H,5,12H2,1-4H3/b28-26+/t16-,27+/m0/s1. The number of nitrogens with zero attached hydrogens (tertiary/aromatic N) is 2. The average Bonchev–Trinajstić information content (AvgIpc) is 3.64. The molecule has 9 nitrogen and oxygen atoms in total. The Morgan fingerprint density at radius 3 is 2.66 bits per heavy atom. The second-order valence-corrected chi connectivity index (χ2v) is 10.8. The number of aromatic nitrogens is 1. The monoisotopic (exact) mass is 572 g/mol. The topological polar surface area (TPSA) is 107 Å². The smallest absolute Gasteiger partial charge is 0.301 e. The van der Waals surface area contributed by atoms with Gasteiger partial charge in [-0.3, -0.25) is 14.5 Å². The summed E-state index contributed by atoms with van der Waals surface area (Å²) in [5.41, 5.74) is 2.53. The average molecular weight is 573 g/mol. The van der Waals surface area contributed by atoms with Crippen molar-refractivity contribution in [3.05, 3.63) is 76.9 Å². The summed E-state index contributed by atoms with van der Waals surface area (Å²) in [6.45, 7) is 4.27. The van der Waals surface area contributed by atoms with Crippen LogP contribution in [0.3, 0.4) is 0 Å². The predicted octanol–water partition coefficient (Wildman–Crippen LogP) is 5.66. The maximum absolute atomic E-state index is 13.7. The highest BCUT2D eigenvalue weighted by Crippen LogP contribution is 2.46. The molecule has 0 spiro atoms. The van der Waals surface area contributed by atoms with E-state index in [2.05, 4.69) is 4.98 Å². The molecule has 2 atom stereocenters. The first-order chi connectivity index (χ1) is 19.8. The molecule has 6 rings (SSSR count). The maximum Gasteiger partial charge on any atom is 0.301 e. The summed E-state index contributed by atoms with van der Waals surface area (Å²) in [6, 6.07) is 14.9. The van der Waals surface area contributed by atoms with Gasteiger partial charge in [0.2, 0.25) is 0 Å². The van der Waals surface area contributed by atoms with Crippen LogP contribution in [0.25, 0.3) is 16.0 Å². The number of Topliss-reactive ketones (excluding diaryl/α,β-unsaturated/α-hetero) is 1. The van der Waals surface area contributed by atoms with Gasteiger partial charge < -0.3 is 24.1 Å². The molecule has 2 aliphatic heterocycles. The summed E-state index contributed by atoms with van der Waals surface area (Å²) in [6.07, 6.45) is 0.696. The first-order valence-corrected chi connectivity index (χ1v) is 14.0. The molecule has 0 unspecified atom stereocenters. The Kier molecular flexibility index (Phi) is 6.78. The largest absolute Gasteiger partial charge is 0.507 e. The Balaban J connectivity index is 1.54. The van der Waals surface area contributed by atoms with E-state index in [1.54, 1.807) is 55.6 Å². The van der Waals surface area contributed by atoms with Crippen LogP contribution in [0.5, 0.6) is 23.0 Å². The molecule has 1 amide bonds. The van der Waals surface area contributed by atoms with E-state index in [1.165, 1.54) is 23.3 Å². The molecule has 41 heavy (non-hydrogen) atoms. The number of benzene rings is 3. The summed E-state index contributed by atoms with van der Waals surface area (Å²) < 4.78 is 23.2. The van der Waals surface area contributed by atoms with Crippen molar-refractivity contribution in [3.8, 4) is 23.0 Å². The second kappa shape index (κ2) is 10.4. The summed E-state index contributed by atoms with van der Waals surface area (Å²) in [7, 11) is 3.10. The SMILES string of the molecule is CCOc1ccc([C@@H]2/C(=C(\O)c3ccc4c(c3)C[C@H](C)O4)C(=O)C(=O)N2c2nc3ccc(OC)cc3s2)cc1OC. The third-order valence-corrected chi connectivity index (χ3v) is 8.22. The zero-order valence-electron chi connectivity index (χ0n) is 23.0. The van der Waals surface area contributed by atoms with Crippen molar-refractivity contribution in [1.82, 2.24) is 4.98 Å². The molecule has 0 aliphatic carbocycles. The van der Waals surface area contributed by atoms with Crippen molar-refractivity contribution in [2.24, 2.45) is 0 Å². The highest BCUT2D eigenvalue weighted by molar-refractivity contribution is 7.22. The minimum absolute atomic E-state index is 0.0157. The fourth-order valence-corrected chi connectivity index (χ4v) is 6.34. The molecule has 0 saturated carbocycles. The Labute approximate surface area is 240 Å². The molecule has 0 radical (unpaired) electrons. The van der Waals surface area contributed by atoms with E-state index < -0.39 is 17.7 Å². The number of ether oxygens (including phenoxy) is 4. The van der Waals surface area contributed by atoms with Gasteiger partial charge in [-0.2, -0.15) is 0 Å². The second-order valence-electron chi connectivity index (χ2n) is 9.80. The van der Waals surface area contributed by atoms with Crippen LogP contribution in [0, 0.1) is 0 Å².